The van der Waals surface area contributed by atoms with Gasteiger partial charge in [-0.2, -0.15) is 5.10 Å². The fraction of sp³-hybridized carbons (Fsp3) is 0.667. The molecule has 1 fully saturated rings. The molecule has 1 atom stereocenters. The number of carboxylic acid groups (broad SMARTS) is 1. The highest BCUT2D eigenvalue weighted by molar-refractivity contribution is 5.88. The van der Waals surface area contributed by atoms with E-state index in [0.717, 1.165) is 0 Å². The second kappa shape index (κ2) is 7.96. The molecule has 1 aliphatic carbocycles. The summed E-state index contributed by atoms with van der Waals surface area (Å²) >= 11 is 0. The van der Waals surface area contributed by atoms with Crippen molar-refractivity contribution in [2.75, 3.05) is 19.0 Å². The van der Waals surface area contributed by atoms with Gasteiger partial charge in [0.25, 0.3) is 0 Å². The lowest BCUT2D eigenvalue weighted by molar-refractivity contribution is -0.142. The summed E-state index contributed by atoms with van der Waals surface area (Å²) in [6.07, 6.45) is 4.36. The number of hydrogen-bond acceptors (Lipinski definition) is 4. The predicted octanol–water partition coefficient (Wildman–Crippen LogP) is 1.86. The highest BCUT2D eigenvalue weighted by Crippen LogP contribution is 2.24. The number of carboxylic acids is 1. The Morgan fingerprint density at radius 3 is 2.74 bits per heavy atom. The summed E-state index contributed by atoms with van der Waals surface area (Å²) in [5.74, 6) is -0.553. The quantitative estimate of drug-likeness (QED) is 0.740. The molecule has 1 aromatic heterocycles. The average molecular weight is 324 g/mol. The zero-order valence-electron chi connectivity index (χ0n) is 13.5. The van der Waals surface area contributed by atoms with Crippen LogP contribution in [0.25, 0.3) is 0 Å². The van der Waals surface area contributed by atoms with Gasteiger partial charge in [-0.25, -0.2) is 4.79 Å². The van der Waals surface area contributed by atoms with E-state index < -0.39 is 5.97 Å². The monoisotopic (exact) mass is 324 g/mol. The van der Waals surface area contributed by atoms with Crippen LogP contribution in [-0.4, -0.2) is 46.6 Å². The van der Waals surface area contributed by atoms with E-state index in [1.165, 1.54) is 0 Å². The van der Waals surface area contributed by atoms with Gasteiger partial charge in [0.2, 0.25) is 0 Å². The Labute approximate surface area is 135 Å². The van der Waals surface area contributed by atoms with E-state index in [-0.39, 0.29) is 24.0 Å². The summed E-state index contributed by atoms with van der Waals surface area (Å²) in [4.78, 5) is 22.9. The summed E-state index contributed by atoms with van der Waals surface area (Å²) in [5.41, 5.74) is 0. The molecule has 128 valence electrons. The van der Waals surface area contributed by atoms with Gasteiger partial charge in [0.1, 0.15) is 0 Å². The van der Waals surface area contributed by atoms with Crippen LogP contribution >= 0.6 is 0 Å². The molecule has 0 aromatic carbocycles. The number of carbonyl (C=O) groups is 2. The molecular formula is C15H24N4O4. The van der Waals surface area contributed by atoms with Crippen molar-refractivity contribution >= 4 is 17.8 Å². The SMILES string of the molecule is COCC(C)n1ccc(NC(=O)NC2CCC(C(=O)O)CC2)n1. The number of ether oxygens (including phenoxy) is 1. The number of methoxy groups -OCH3 is 1. The van der Waals surface area contributed by atoms with Crippen LogP contribution in [0, 0.1) is 5.92 Å². The second-order valence-electron chi connectivity index (χ2n) is 5.97. The maximum atomic E-state index is 12.0. The van der Waals surface area contributed by atoms with Crippen LogP contribution in [0.1, 0.15) is 38.6 Å². The van der Waals surface area contributed by atoms with Gasteiger partial charge in [0.05, 0.1) is 18.6 Å². The molecule has 1 aliphatic rings. The molecule has 8 heteroatoms. The Morgan fingerprint density at radius 2 is 2.13 bits per heavy atom. The molecule has 1 saturated carbocycles. The van der Waals surface area contributed by atoms with Gasteiger partial charge in [-0.15, -0.1) is 0 Å². The second-order valence-corrected chi connectivity index (χ2v) is 5.97. The van der Waals surface area contributed by atoms with Crippen molar-refractivity contribution in [3.05, 3.63) is 12.3 Å². The van der Waals surface area contributed by atoms with Gasteiger partial charge in [0.15, 0.2) is 5.82 Å². The number of nitrogens with one attached hydrogen (secondary N) is 2. The first kappa shape index (κ1) is 17.3. The van der Waals surface area contributed by atoms with Crippen LogP contribution in [0.5, 0.6) is 0 Å². The summed E-state index contributed by atoms with van der Waals surface area (Å²) in [7, 11) is 1.63. The zero-order valence-corrected chi connectivity index (χ0v) is 13.5. The summed E-state index contributed by atoms with van der Waals surface area (Å²) < 4.78 is 6.81. The fourth-order valence-electron chi connectivity index (χ4n) is 2.79. The van der Waals surface area contributed by atoms with Gasteiger partial charge in [-0.1, -0.05) is 0 Å². The Kier molecular flexibility index (Phi) is 5.97. The molecule has 2 amide bonds. The largest absolute Gasteiger partial charge is 0.481 e. The minimum Gasteiger partial charge on any atom is -0.481 e. The van der Waals surface area contributed by atoms with E-state index >= 15 is 0 Å². The van der Waals surface area contributed by atoms with Gasteiger partial charge >= 0.3 is 12.0 Å². The first-order valence-corrected chi connectivity index (χ1v) is 7.84. The third-order valence-electron chi connectivity index (χ3n) is 4.12. The van der Waals surface area contributed by atoms with Gasteiger partial charge in [0, 0.05) is 25.4 Å². The van der Waals surface area contributed by atoms with Crippen molar-refractivity contribution in [2.45, 2.75) is 44.7 Å². The highest BCUT2D eigenvalue weighted by Gasteiger charge is 2.26. The smallest absolute Gasteiger partial charge is 0.320 e. The Hall–Kier alpha value is -2.09. The minimum atomic E-state index is -0.747. The molecule has 23 heavy (non-hydrogen) atoms. The average Bonchev–Trinajstić information content (AvgIpc) is 2.96. The lowest BCUT2D eigenvalue weighted by atomic mass is 9.86. The molecule has 0 spiro atoms. The van der Waals surface area contributed by atoms with Crippen LogP contribution in [0.15, 0.2) is 12.3 Å². The van der Waals surface area contributed by atoms with Gasteiger partial charge < -0.3 is 15.2 Å². The van der Waals surface area contributed by atoms with E-state index in [9.17, 15) is 9.59 Å². The number of rotatable bonds is 6. The Bertz CT molecular complexity index is 537. The van der Waals surface area contributed by atoms with Gasteiger partial charge in [-0.05, 0) is 32.6 Å². The maximum absolute atomic E-state index is 12.0. The number of aliphatic carboxylic acids is 1. The Morgan fingerprint density at radius 1 is 1.43 bits per heavy atom. The lowest BCUT2D eigenvalue weighted by Crippen LogP contribution is -2.41. The van der Waals surface area contributed by atoms with Crippen molar-refractivity contribution in [1.82, 2.24) is 15.1 Å². The number of carbonyl (C=O) groups excluding carboxylic acids is 1. The normalized spacial score (nSPS) is 22.3. The van der Waals surface area contributed by atoms with Crippen LogP contribution in [-0.2, 0) is 9.53 Å². The maximum Gasteiger partial charge on any atom is 0.320 e. The van der Waals surface area contributed by atoms with Crippen molar-refractivity contribution in [3.63, 3.8) is 0 Å². The van der Waals surface area contributed by atoms with Crippen molar-refractivity contribution < 1.29 is 19.4 Å². The first-order chi connectivity index (χ1) is 11.0. The summed E-state index contributed by atoms with van der Waals surface area (Å²) in [6, 6.07) is 1.52. The van der Waals surface area contributed by atoms with Crippen molar-refractivity contribution in [1.29, 1.82) is 0 Å². The van der Waals surface area contributed by atoms with E-state index in [0.29, 0.717) is 38.1 Å². The third-order valence-corrected chi connectivity index (χ3v) is 4.12. The van der Waals surface area contributed by atoms with Crippen LogP contribution in [0.4, 0.5) is 10.6 Å². The van der Waals surface area contributed by atoms with E-state index in [1.54, 1.807) is 24.1 Å². The molecule has 0 bridgehead atoms. The van der Waals surface area contributed by atoms with E-state index in [2.05, 4.69) is 15.7 Å². The highest BCUT2D eigenvalue weighted by atomic mass is 16.5. The van der Waals surface area contributed by atoms with Gasteiger partial charge in [-0.3, -0.25) is 14.8 Å². The minimum absolute atomic E-state index is 0.0140. The van der Waals surface area contributed by atoms with Crippen molar-refractivity contribution in [2.24, 2.45) is 5.92 Å². The number of urea groups is 1. The molecule has 1 heterocycles. The molecule has 0 aliphatic heterocycles. The molecule has 0 saturated heterocycles. The molecule has 2 rings (SSSR count). The molecule has 1 aromatic rings. The summed E-state index contributed by atoms with van der Waals surface area (Å²) in [6.45, 7) is 2.52. The van der Waals surface area contributed by atoms with E-state index in [1.807, 2.05) is 6.92 Å². The Balaban J connectivity index is 1.78. The lowest BCUT2D eigenvalue weighted by Gasteiger charge is -2.26. The first-order valence-electron chi connectivity index (χ1n) is 7.84. The number of amides is 2. The van der Waals surface area contributed by atoms with E-state index in [4.69, 9.17) is 9.84 Å². The number of aromatic nitrogens is 2. The third kappa shape index (κ3) is 4.95. The molecular weight excluding hydrogens is 300 g/mol. The van der Waals surface area contributed by atoms with Crippen LogP contribution in [0.2, 0.25) is 0 Å². The van der Waals surface area contributed by atoms with Crippen molar-refractivity contribution in [3.8, 4) is 0 Å². The molecule has 0 radical (unpaired) electrons. The standard InChI is InChI=1S/C15H24N4O4/c1-10(9-23-2)19-8-7-13(18-19)17-15(22)16-12-5-3-11(4-6-12)14(20)21/h7-8,10-12H,3-6,9H2,1-2H3,(H,20,21)(H2,16,17,18,22). The fourth-order valence-corrected chi connectivity index (χ4v) is 2.79. The topological polar surface area (TPSA) is 105 Å². The molecule has 1 unspecified atom stereocenters. The van der Waals surface area contributed by atoms with Crippen LogP contribution < -0.4 is 10.6 Å². The zero-order chi connectivity index (χ0) is 16.8. The molecule has 3 N–H and O–H groups in total. The predicted molar refractivity (Wildman–Crippen MR) is 84.4 cm³/mol. The number of anilines is 1. The summed E-state index contributed by atoms with van der Waals surface area (Å²) in [5, 5.41) is 18.8. The number of nitrogens with zero attached hydrogens (tertiary/aromatic N) is 2. The molecule has 8 nitrogen and oxygen atoms in total. The van der Waals surface area contributed by atoms with Crippen LogP contribution in [0.3, 0.4) is 0 Å². The number of hydrogen-bond donors (Lipinski definition) is 3.